The Labute approximate surface area is 107 Å². The van der Waals surface area contributed by atoms with E-state index in [-0.39, 0.29) is 12.5 Å². The van der Waals surface area contributed by atoms with Crippen LogP contribution in [0.25, 0.3) is 6.08 Å². The van der Waals surface area contributed by atoms with E-state index in [1.54, 1.807) is 24.5 Å². The Morgan fingerprint density at radius 1 is 1.61 bits per heavy atom. The Kier molecular flexibility index (Phi) is 4.59. The van der Waals surface area contributed by atoms with Gasteiger partial charge in [0.25, 0.3) is 0 Å². The number of carbonyl (C=O) groups is 1. The highest BCUT2D eigenvalue weighted by atomic mass is 16.3. The van der Waals surface area contributed by atoms with Crippen molar-refractivity contribution in [1.29, 1.82) is 0 Å². The van der Waals surface area contributed by atoms with Gasteiger partial charge in [-0.2, -0.15) is 0 Å². The van der Waals surface area contributed by atoms with Crippen LogP contribution in [0.15, 0.2) is 28.9 Å². The van der Waals surface area contributed by atoms with Crippen LogP contribution in [0, 0.1) is 5.92 Å². The number of amides is 1. The zero-order valence-electron chi connectivity index (χ0n) is 10.4. The molecule has 1 unspecified atom stereocenters. The highest BCUT2D eigenvalue weighted by Crippen LogP contribution is 2.19. The van der Waals surface area contributed by atoms with E-state index >= 15 is 0 Å². The minimum atomic E-state index is 0.0223. The van der Waals surface area contributed by atoms with E-state index in [2.05, 4.69) is 0 Å². The Bertz CT molecular complexity index is 395. The summed E-state index contributed by atoms with van der Waals surface area (Å²) in [6.07, 6.45) is 7.74. The number of hydrogen-bond donors (Lipinski definition) is 1. The molecule has 1 aliphatic rings. The number of hydrogen-bond acceptors (Lipinski definition) is 3. The predicted octanol–water partition coefficient (Wildman–Crippen LogP) is 1.91. The van der Waals surface area contributed by atoms with Crippen molar-refractivity contribution >= 4 is 12.0 Å². The van der Waals surface area contributed by atoms with Gasteiger partial charge < -0.3 is 14.4 Å². The summed E-state index contributed by atoms with van der Waals surface area (Å²) in [5.74, 6) is 1.14. The first kappa shape index (κ1) is 12.9. The summed E-state index contributed by atoms with van der Waals surface area (Å²) in [6.45, 7) is 1.76. The van der Waals surface area contributed by atoms with Crippen LogP contribution in [-0.4, -0.2) is 35.6 Å². The van der Waals surface area contributed by atoms with E-state index in [9.17, 15) is 4.79 Å². The van der Waals surface area contributed by atoms with Gasteiger partial charge in [-0.05, 0) is 43.4 Å². The molecule has 0 aliphatic carbocycles. The van der Waals surface area contributed by atoms with Crippen molar-refractivity contribution in [3.63, 3.8) is 0 Å². The Morgan fingerprint density at radius 3 is 3.22 bits per heavy atom. The molecule has 98 valence electrons. The van der Waals surface area contributed by atoms with Crippen LogP contribution in [0.2, 0.25) is 0 Å². The lowest BCUT2D eigenvalue weighted by molar-refractivity contribution is -0.127. The standard InChI is InChI=1S/C14H19NO3/c16-9-7-12-3-1-8-15(11-12)14(17)6-5-13-4-2-10-18-13/h2,4-6,10,12,16H,1,3,7-9,11H2. The number of nitrogens with zero attached hydrogens (tertiary/aromatic N) is 1. The van der Waals surface area contributed by atoms with Crippen molar-refractivity contribution < 1.29 is 14.3 Å². The van der Waals surface area contributed by atoms with Crippen molar-refractivity contribution in [2.45, 2.75) is 19.3 Å². The average molecular weight is 249 g/mol. The molecule has 0 spiro atoms. The second-order valence-electron chi connectivity index (χ2n) is 4.65. The van der Waals surface area contributed by atoms with Gasteiger partial charge in [-0.15, -0.1) is 0 Å². The van der Waals surface area contributed by atoms with E-state index < -0.39 is 0 Å². The summed E-state index contributed by atoms with van der Waals surface area (Å²) < 4.78 is 5.14. The minimum Gasteiger partial charge on any atom is -0.465 e. The summed E-state index contributed by atoms with van der Waals surface area (Å²) in [5, 5.41) is 8.94. The maximum absolute atomic E-state index is 12.0. The van der Waals surface area contributed by atoms with Crippen molar-refractivity contribution in [3.05, 3.63) is 30.2 Å². The van der Waals surface area contributed by atoms with Gasteiger partial charge in [-0.25, -0.2) is 0 Å². The first-order chi connectivity index (χ1) is 8.79. The molecular weight excluding hydrogens is 230 g/mol. The maximum Gasteiger partial charge on any atom is 0.246 e. The summed E-state index contributed by atoms with van der Waals surface area (Å²) in [6, 6.07) is 3.61. The molecule has 1 aliphatic heterocycles. The third-order valence-electron chi connectivity index (χ3n) is 3.30. The molecular formula is C14H19NO3. The molecule has 4 heteroatoms. The van der Waals surface area contributed by atoms with E-state index in [4.69, 9.17) is 9.52 Å². The fraction of sp³-hybridized carbons (Fsp3) is 0.500. The zero-order valence-corrected chi connectivity index (χ0v) is 10.4. The molecule has 1 fully saturated rings. The van der Waals surface area contributed by atoms with Crippen LogP contribution in [-0.2, 0) is 4.79 Å². The first-order valence-corrected chi connectivity index (χ1v) is 6.41. The lowest BCUT2D eigenvalue weighted by atomic mass is 9.95. The van der Waals surface area contributed by atoms with Gasteiger partial charge in [0.05, 0.1) is 6.26 Å². The number of likely N-dealkylation sites (tertiary alicyclic amines) is 1. The normalized spacial score (nSPS) is 20.5. The molecule has 18 heavy (non-hydrogen) atoms. The van der Waals surface area contributed by atoms with Crippen LogP contribution in [0.3, 0.4) is 0 Å². The van der Waals surface area contributed by atoms with E-state index in [0.29, 0.717) is 11.7 Å². The molecule has 4 nitrogen and oxygen atoms in total. The molecule has 1 saturated heterocycles. The molecule has 1 aromatic heterocycles. The Hall–Kier alpha value is -1.55. The number of rotatable bonds is 4. The van der Waals surface area contributed by atoms with Gasteiger partial charge in [0, 0.05) is 25.8 Å². The number of carbonyl (C=O) groups excluding carboxylic acids is 1. The molecule has 1 atom stereocenters. The van der Waals surface area contributed by atoms with Crippen LogP contribution < -0.4 is 0 Å². The largest absolute Gasteiger partial charge is 0.465 e. The van der Waals surface area contributed by atoms with E-state index in [1.165, 1.54) is 0 Å². The monoisotopic (exact) mass is 249 g/mol. The fourth-order valence-corrected chi connectivity index (χ4v) is 2.33. The fourth-order valence-electron chi connectivity index (χ4n) is 2.33. The van der Waals surface area contributed by atoms with Crippen LogP contribution >= 0.6 is 0 Å². The second-order valence-corrected chi connectivity index (χ2v) is 4.65. The summed E-state index contributed by atoms with van der Waals surface area (Å²) in [4.78, 5) is 13.8. The lowest BCUT2D eigenvalue weighted by Gasteiger charge is -2.31. The maximum atomic E-state index is 12.0. The predicted molar refractivity (Wildman–Crippen MR) is 68.7 cm³/mol. The number of piperidine rings is 1. The quantitative estimate of drug-likeness (QED) is 0.829. The first-order valence-electron chi connectivity index (χ1n) is 6.41. The van der Waals surface area contributed by atoms with Gasteiger partial charge in [0.2, 0.25) is 5.91 Å². The third kappa shape index (κ3) is 3.47. The molecule has 2 heterocycles. The molecule has 1 aromatic rings. The molecule has 2 rings (SSSR count). The second kappa shape index (κ2) is 6.40. The van der Waals surface area contributed by atoms with Crippen LogP contribution in [0.1, 0.15) is 25.0 Å². The Balaban J connectivity index is 1.88. The van der Waals surface area contributed by atoms with Gasteiger partial charge in [0.1, 0.15) is 5.76 Å². The topological polar surface area (TPSA) is 53.7 Å². The van der Waals surface area contributed by atoms with Gasteiger partial charge in [0.15, 0.2) is 0 Å². The van der Waals surface area contributed by atoms with Gasteiger partial charge >= 0.3 is 0 Å². The molecule has 0 saturated carbocycles. The highest BCUT2D eigenvalue weighted by Gasteiger charge is 2.21. The van der Waals surface area contributed by atoms with Crippen molar-refractivity contribution in [3.8, 4) is 0 Å². The smallest absolute Gasteiger partial charge is 0.246 e. The van der Waals surface area contributed by atoms with Gasteiger partial charge in [-0.3, -0.25) is 4.79 Å². The van der Waals surface area contributed by atoms with Crippen molar-refractivity contribution in [2.75, 3.05) is 19.7 Å². The average Bonchev–Trinajstić information content (AvgIpc) is 2.90. The van der Waals surface area contributed by atoms with E-state index in [1.807, 2.05) is 11.0 Å². The Morgan fingerprint density at radius 2 is 2.50 bits per heavy atom. The van der Waals surface area contributed by atoms with Gasteiger partial charge in [-0.1, -0.05) is 0 Å². The molecule has 1 amide bonds. The molecule has 0 radical (unpaired) electrons. The SMILES string of the molecule is O=C(C=Cc1ccco1)N1CCCC(CCO)C1. The summed E-state index contributed by atoms with van der Waals surface area (Å²) >= 11 is 0. The third-order valence-corrected chi connectivity index (χ3v) is 3.30. The van der Waals surface area contributed by atoms with Crippen molar-refractivity contribution in [1.82, 2.24) is 4.90 Å². The van der Waals surface area contributed by atoms with Crippen LogP contribution in [0.4, 0.5) is 0 Å². The van der Waals surface area contributed by atoms with Crippen LogP contribution in [0.5, 0.6) is 0 Å². The molecule has 0 aromatic carbocycles. The summed E-state index contributed by atoms with van der Waals surface area (Å²) in [7, 11) is 0. The summed E-state index contributed by atoms with van der Waals surface area (Å²) in [5.41, 5.74) is 0. The van der Waals surface area contributed by atoms with E-state index in [0.717, 1.165) is 32.4 Å². The minimum absolute atomic E-state index is 0.0223. The highest BCUT2D eigenvalue weighted by molar-refractivity contribution is 5.91. The number of furan rings is 1. The zero-order chi connectivity index (χ0) is 12.8. The number of aliphatic hydroxyl groups excluding tert-OH is 1. The molecule has 0 bridgehead atoms. The van der Waals surface area contributed by atoms with Crippen molar-refractivity contribution in [2.24, 2.45) is 5.92 Å². The number of aliphatic hydroxyl groups is 1. The molecule has 1 N–H and O–H groups in total. The lowest BCUT2D eigenvalue weighted by Crippen LogP contribution is -2.39.